The van der Waals surface area contributed by atoms with Crippen LogP contribution in [0.4, 0.5) is 0 Å². The number of rotatable bonds is 5. The van der Waals surface area contributed by atoms with Gasteiger partial charge in [0, 0.05) is 5.02 Å². The van der Waals surface area contributed by atoms with Gasteiger partial charge >= 0.3 is 0 Å². The minimum Gasteiger partial charge on any atom is -0.368 e. The average Bonchev–Trinajstić information content (AvgIpc) is 2.20. The van der Waals surface area contributed by atoms with Crippen molar-refractivity contribution in [2.45, 2.75) is 25.3 Å². The molecule has 1 rings (SSSR count). The largest absolute Gasteiger partial charge is 0.368 e. The molecule has 1 unspecified atom stereocenters. The van der Waals surface area contributed by atoms with E-state index in [0.717, 1.165) is 17.9 Å². The summed E-state index contributed by atoms with van der Waals surface area (Å²) in [5, 5.41) is 0.729. The molecule has 1 aromatic rings. The van der Waals surface area contributed by atoms with Crippen LogP contribution in [0.3, 0.4) is 0 Å². The van der Waals surface area contributed by atoms with Crippen LogP contribution >= 0.6 is 11.6 Å². The normalized spacial score (nSPS) is 12.4. The van der Waals surface area contributed by atoms with Crippen LogP contribution in [-0.4, -0.2) is 11.9 Å². The molecule has 0 radical (unpaired) electrons. The summed E-state index contributed by atoms with van der Waals surface area (Å²) in [5.41, 5.74) is 11.8. The van der Waals surface area contributed by atoms with Gasteiger partial charge in [0.2, 0.25) is 5.91 Å². The van der Waals surface area contributed by atoms with Gasteiger partial charge in [0.05, 0.1) is 6.04 Å². The molecule has 0 aliphatic carbocycles. The molecule has 4 N–H and O–H groups in total. The lowest BCUT2D eigenvalue weighted by Crippen LogP contribution is -2.36. The number of nitrogens with two attached hydrogens (primary N) is 2. The first kappa shape index (κ1) is 12.0. The van der Waals surface area contributed by atoms with Gasteiger partial charge in [0.25, 0.3) is 0 Å². The summed E-state index contributed by atoms with van der Waals surface area (Å²) >= 11 is 5.76. The second-order valence-corrected chi connectivity index (χ2v) is 3.96. The average molecular weight is 227 g/mol. The van der Waals surface area contributed by atoms with E-state index in [-0.39, 0.29) is 0 Å². The van der Waals surface area contributed by atoms with Crippen molar-refractivity contribution in [1.82, 2.24) is 0 Å². The van der Waals surface area contributed by atoms with Crippen LogP contribution in [-0.2, 0) is 11.2 Å². The number of primary amides is 1. The highest BCUT2D eigenvalue weighted by Gasteiger charge is 2.07. The van der Waals surface area contributed by atoms with Crippen LogP contribution in [0, 0.1) is 0 Å². The maximum Gasteiger partial charge on any atom is 0.234 e. The predicted molar refractivity (Wildman–Crippen MR) is 61.6 cm³/mol. The van der Waals surface area contributed by atoms with Crippen LogP contribution in [0.15, 0.2) is 24.3 Å². The van der Waals surface area contributed by atoms with Crippen molar-refractivity contribution in [3.63, 3.8) is 0 Å². The Kier molecular flexibility index (Phi) is 4.59. The molecule has 0 spiro atoms. The molecule has 0 aliphatic heterocycles. The van der Waals surface area contributed by atoms with E-state index in [9.17, 15) is 4.79 Å². The van der Waals surface area contributed by atoms with Gasteiger partial charge in [0.1, 0.15) is 0 Å². The van der Waals surface area contributed by atoms with E-state index in [1.54, 1.807) is 0 Å². The topological polar surface area (TPSA) is 69.1 Å². The van der Waals surface area contributed by atoms with Gasteiger partial charge in [-0.1, -0.05) is 23.7 Å². The summed E-state index contributed by atoms with van der Waals surface area (Å²) < 4.78 is 0. The second-order valence-electron chi connectivity index (χ2n) is 3.53. The van der Waals surface area contributed by atoms with Crippen molar-refractivity contribution in [1.29, 1.82) is 0 Å². The Morgan fingerprint density at radius 3 is 2.47 bits per heavy atom. The van der Waals surface area contributed by atoms with Crippen LogP contribution < -0.4 is 11.5 Å². The molecular formula is C11H15ClN2O. The highest BCUT2D eigenvalue weighted by molar-refractivity contribution is 6.30. The summed E-state index contributed by atoms with van der Waals surface area (Å²) in [7, 11) is 0. The Morgan fingerprint density at radius 1 is 1.33 bits per heavy atom. The molecule has 0 bridgehead atoms. The lowest BCUT2D eigenvalue weighted by Gasteiger charge is -2.06. The second kappa shape index (κ2) is 5.73. The van der Waals surface area contributed by atoms with Crippen LogP contribution in [0.1, 0.15) is 18.4 Å². The molecule has 3 nitrogen and oxygen atoms in total. The highest BCUT2D eigenvalue weighted by atomic mass is 35.5. The molecule has 1 atom stereocenters. The third-order valence-electron chi connectivity index (χ3n) is 2.26. The Bertz CT molecular complexity index is 324. The number of amides is 1. The number of halogens is 1. The fraction of sp³-hybridized carbons (Fsp3) is 0.364. The van der Waals surface area contributed by atoms with E-state index in [0.29, 0.717) is 6.42 Å². The third-order valence-corrected chi connectivity index (χ3v) is 2.51. The molecule has 0 saturated heterocycles. The smallest absolute Gasteiger partial charge is 0.234 e. The standard InChI is InChI=1S/C11H15ClN2O/c12-9-6-4-8(5-7-9)2-1-3-10(13)11(14)15/h4-7,10H,1-3,13H2,(H2,14,15). The molecule has 0 saturated carbocycles. The summed E-state index contributed by atoms with van der Waals surface area (Å²) in [4.78, 5) is 10.7. The zero-order valence-corrected chi connectivity index (χ0v) is 9.20. The van der Waals surface area contributed by atoms with Gasteiger partial charge in [0.15, 0.2) is 0 Å². The third kappa shape index (κ3) is 4.32. The Morgan fingerprint density at radius 2 is 1.93 bits per heavy atom. The first-order valence-electron chi connectivity index (χ1n) is 4.89. The number of hydrogen-bond donors (Lipinski definition) is 2. The van der Waals surface area contributed by atoms with E-state index in [2.05, 4.69) is 0 Å². The van der Waals surface area contributed by atoms with Gasteiger partial charge in [-0.15, -0.1) is 0 Å². The quantitative estimate of drug-likeness (QED) is 0.799. The van der Waals surface area contributed by atoms with Crippen molar-refractivity contribution in [3.05, 3.63) is 34.9 Å². The molecule has 1 aromatic carbocycles. The summed E-state index contributed by atoms with van der Waals surface area (Å²) in [5.74, 6) is -0.439. The van der Waals surface area contributed by atoms with Crippen LogP contribution in [0.25, 0.3) is 0 Å². The van der Waals surface area contributed by atoms with E-state index < -0.39 is 11.9 Å². The maximum atomic E-state index is 10.7. The first-order chi connectivity index (χ1) is 7.09. The van der Waals surface area contributed by atoms with E-state index in [1.807, 2.05) is 24.3 Å². The van der Waals surface area contributed by atoms with Crippen molar-refractivity contribution in [3.8, 4) is 0 Å². The Labute approximate surface area is 94.4 Å². The van der Waals surface area contributed by atoms with Gasteiger partial charge < -0.3 is 11.5 Å². The summed E-state index contributed by atoms with van der Waals surface area (Å²) in [6, 6.07) is 7.11. The molecule has 0 aromatic heterocycles. The number of carbonyl (C=O) groups excluding carboxylic acids is 1. The molecule has 1 amide bonds. The molecule has 4 heteroatoms. The van der Waals surface area contributed by atoms with Gasteiger partial charge in [-0.25, -0.2) is 0 Å². The Balaban J connectivity index is 2.32. The molecule has 0 aliphatic rings. The summed E-state index contributed by atoms with van der Waals surface area (Å²) in [6.45, 7) is 0. The van der Waals surface area contributed by atoms with Gasteiger partial charge in [-0.05, 0) is 37.0 Å². The maximum absolute atomic E-state index is 10.7. The van der Waals surface area contributed by atoms with Crippen LogP contribution in [0.5, 0.6) is 0 Å². The van der Waals surface area contributed by atoms with Crippen molar-refractivity contribution < 1.29 is 4.79 Å². The minimum absolute atomic E-state index is 0.439. The minimum atomic E-state index is -0.530. The van der Waals surface area contributed by atoms with Crippen molar-refractivity contribution in [2.75, 3.05) is 0 Å². The van der Waals surface area contributed by atoms with Crippen molar-refractivity contribution >= 4 is 17.5 Å². The number of hydrogen-bond acceptors (Lipinski definition) is 2. The number of carbonyl (C=O) groups is 1. The van der Waals surface area contributed by atoms with E-state index in [1.165, 1.54) is 5.56 Å². The summed E-state index contributed by atoms with van der Waals surface area (Å²) in [6.07, 6.45) is 2.36. The first-order valence-corrected chi connectivity index (χ1v) is 5.26. The van der Waals surface area contributed by atoms with Gasteiger partial charge in [-0.3, -0.25) is 4.79 Å². The van der Waals surface area contributed by atoms with Gasteiger partial charge in [-0.2, -0.15) is 0 Å². The fourth-order valence-corrected chi connectivity index (χ4v) is 1.45. The highest BCUT2D eigenvalue weighted by Crippen LogP contribution is 2.11. The van der Waals surface area contributed by atoms with E-state index in [4.69, 9.17) is 23.1 Å². The SMILES string of the molecule is NC(=O)C(N)CCCc1ccc(Cl)cc1. The molecule has 0 fully saturated rings. The van der Waals surface area contributed by atoms with Crippen LogP contribution in [0.2, 0.25) is 5.02 Å². The van der Waals surface area contributed by atoms with E-state index >= 15 is 0 Å². The monoisotopic (exact) mass is 226 g/mol. The molecule has 15 heavy (non-hydrogen) atoms. The number of benzene rings is 1. The van der Waals surface area contributed by atoms with Crippen molar-refractivity contribution in [2.24, 2.45) is 11.5 Å². The zero-order chi connectivity index (χ0) is 11.3. The fourth-order valence-electron chi connectivity index (χ4n) is 1.32. The number of aryl methyl sites for hydroxylation is 1. The molecular weight excluding hydrogens is 212 g/mol. The zero-order valence-electron chi connectivity index (χ0n) is 8.45. The Hall–Kier alpha value is -1.06. The molecule has 0 heterocycles. The lowest BCUT2D eigenvalue weighted by atomic mass is 10.1. The predicted octanol–water partition coefficient (Wildman–Crippen LogP) is 1.48. The molecule has 82 valence electrons. The lowest BCUT2D eigenvalue weighted by molar-refractivity contribution is -0.119.